The number of nitrogens with one attached hydrogen (secondary N) is 1. The Labute approximate surface area is 129 Å². The van der Waals surface area contributed by atoms with Crippen LogP contribution in [0.5, 0.6) is 0 Å². The summed E-state index contributed by atoms with van der Waals surface area (Å²) in [6.07, 6.45) is 0.0601. The number of carbonyl (C=O) groups excluding carboxylic acids is 1. The Morgan fingerprint density at radius 3 is 2.57 bits per heavy atom. The molecule has 0 unspecified atom stereocenters. The molecule has 2 N–H and O–H groups in total. The van der Waals surface area contributed by atoms with Gasteiger partial charge in [0, 0.05) is 19.2 Å². The number of carboxylic acid groups (broad SMARTS) is 1. The normalized spacial score (nSPS) is 20.6. The van der Waals surface area contributed by atoms with E-state index < -0.39 is 12.1 Å². The Morgan fingerprint density at radius 2 is 2.13 bits per heavy atom. The molecule has 2 saturated heterocycles. The summed E-state index contributed by atoms with van der Waals surface area (Å²) in [4.78, 5) is 31.3. The lowest BCUT2D eigenvalue weighted by atomic mass is 10.1. The smallest absolute Gasteiger partial charge is 0.475 e. The van der Waals surface area contributed by atoms with Crippen molar-refractivity contribution in [3.8, 4) is 0 Å². The summed E-state index contributed by atoms with van der Waals surface area (Å²) in [7, 11) is 0. The van der Waals surface area contributed by atoms with Crippen molar-refractivity contribution in [2.45, 2.75) is 25.1 Å². The molecule has 2 aliphatic rings. The lowest BCUT2D eigenvalue weighted by Crippen LogP contribution is -2.43. The molecule has 10 heteroatoms. The van der Waals surface area contributed by atoms with Gasteiger partial charge in [-0.3, -0.25) is 9.78 Å². The highest BCUT2D eigenvalue weighted by Crippen LogP contribution is 2.26. The first-order chi connectivity index (χ1) is 10.8. The van der Waals surface area contributed by atoms with Gasteiger partial charge in [-0.05, 0) is 18.1 Å². The molecule has 0 radical (unpaired) electrons. The van der Waals surface area contributed by atoms with Crippen LogP contribution in [0.25, 0.3) is 0 Å². The number of amides is 1. The number of rotatable bonds is 2. The van der Waals surface area contributed by atoms with E-state index >= 15 is 0 Å². The third kappa shape index (κ3) is 4.39. The maximum atomic E-state index is 11.3. The Kier molecular flexibility index (Phi) is 5.16. The van der Waals surface area contributed by atoms with Crippen molar-refractivity contribution in [3.05, 3.63) is 24.0 Å². The van der Waals surface area contributed by atoms with E-state index in [0.29, 0.717) is 6.42 Å². The van der Waals surface area contributed by atoms with Gasteiger partial charge in [-0.25, -0.2) is 4.79 Å². The van der Waals surface area contributed by atoms with Gasteiger partial charge in [-0.2, -0.15) is 18.7 Å². The van der Waals surface area contributed by atoms with E-state index in [-0.39, 0.29) is 11.9 Å². The Balaban J connectivity index is 0.000000236. The van der Waals surface area contributed by atoms with Crippen molar-refractivity contribution in [1.29, 1.82) is 0 Å². The van der Waals surface area contributed by atoms with Crippen molar-refractivity contribution in [2.24, 2.45) is 0 Å². The first kappa shape index (κ1) is 17.2. The molecule has 2 fully saturated rings. The Morgan fingerprint density at radius 1 is 1.43 bits per heavy atom. The lowest BCUT2D eigenvalue weighted by molar-refractivity contribution is -0.192. The highest BCUT2D eigenvalue weighted by atomic mass is 19.4. The number of hydrogen-bond donors (Lipinski definition) is 2. The highest BCUT2D eigenvalue weighted by molar-refractivity contribution is 5.99. The molecule has 1 amide bonds. The maximum Gasteiger partial charge on any atom is 0.490 e. The van der Waals surface area contributed by atoms with Gasteiger partial charge < -0.3 is 14.8 Å². The Hall–Kier alpha value is -2.20. The van der Waals surface area contributed by atoms with Gasteiger partial charge in [0.25, 0.3) is 0 Å². The molecule has 0 aromatic carbocycles. The molecule has 23 heavy (non-hydrogen) atoms. The topological polar surface area (TPSA) is 91.8 Å². The molecule has 1 atom stereocenters. The summed E-state index contributed by atoms with van der Waals surface area (Å²) in [5.41, 5.74) is 4.91. The number of anilines is 1. The van der Waals surface area contributed by atoms with E-state index in [4.69, 9.17) is 14.7 Å². The fraction of sp³-hybridized carbons (Fsp3) is 0.462. The number of aliphatic carboxylic acids is 1. The fourth-order valence-corrected chi connectivity index (χ4v) is 2.00. The summed E-state index contributed by atoms with van der Waals surface area (Å²) >= 11 is 0. The van der Waals surface area contributed by atoms with E-state index in [0.717, 1.165) is 30.8 Å². The van der Waals surface area contributed by atoms with Crippen LogP contribution >= 0.6 is 0 Å². The van der Waals surface area contributed by atoms with E-state index in [1.165, 1.54) is 0 Å². The van der Waals surface area contributed by atoms with Crippen molar-refractivity contribution in [2.75, 3.05) is 18.1 Å². The second-order valence-corrected chi connectivity index (χ2v) is 4.88. The number of β-lactam (4-membered cyclic amide) rings is 1. The number of hydrogen-bond acceptors (Lipinski definition) is 5. The summed E-state index contributed by atoms with van der Waals surface area (Å²) in [5.74, 6) is -2.58. The number of nitrogens with zero attached hydrogens (tertiary/aromatic N) is 2. The molecule has 0 bridgehead atoms. The molecule has 126 valence electrons. The number of carbonyl (C=O) groups is 2. The molecule has 7 nitrogen and oxygen atoms in total. The Bertz CT molecular complexity index is 588. The van der Waals surface area contributed by atoms with E-state index in [1.54, 1.807) is 11.1 Å². The SMILES string of the molecule is O=C(O)C(F)(F)F.O=C1CCN1c1cncc([C@@H]2CCON2)c1. The molecular weight excluding hydrogens is 319 g/mol. The largest absolute Gasteiger partial charge is 0.490 e. The summed E-state index contributed by atoms with van der Waals surface area (Å²) < 4.78 is 31.7. The summed E-state index contributed by atoms with van der Waals surface area (Å²) in [6, 6.07) is 2.21. The van der Waals surface area contributed by atoms with Crippen LogP contribution in [0, 0.1) is 0 Å². The van der Waals surface area contributed by atoms with E-state index in [9.17, 15) is 18.0 Å². The predicted molar refractivity (Wildman–Crippen MR) is 71.3 cm³/mol. The number of halogens is 3. The van der Waals surface area contributed by atoms with Gasteiger partial charge in [0.2, 0.25) is 5.91 Å². The molecule has 0 saturated carbocycles. The first-order valence-electron chi connectivity index (χ1n) is 6.72. The van der Waals surface area contributed by atoms with Crippen LogP contribution in [0.1, 0.15) is 24.4 Å². The number of pyridine rings is 1. The maximum absolute atomic E-state index is 11.3. The standard InChI is InChI=1S/C11H13N3O2.C2HF3O2/c15-11-1-3-14(11)9-5-8(6-12-7-9)10-2-4-16-13-10;3-2(4,5)1(6)7/h5-7,10,13H,1-4H2;(H,6,7)/t10-;/m0./s1. The van der Waals surface area contributed by atoms with E-state index in [2.05, 4.69) is 10.5 Å². The zero-order valence-electron chi connectivity index (χ0n) is 11.8. The predicted octanol–water partition coefficient (Wildman–Crippen LogP) is 1.42. The van der Waals surface area contributed by atoms with Crippen LogP contribution < -0.4 is 10.4 Å². The average Bonchev–Trinajstić information content (AvgIpc) is 3.00. The second kappa shape index (κ2) is 6.92. The number of alkyl halides is 3. The lowest BCUT2D eigenvalue weighted by Gasteiger charge is -2.30. The van der Waals surface area contributed by atoms with Gasteiger partial charge in [0.1, 0.15) is 0 Å². The molecule has 1 aromatic heterocycles. The fourth-order valence-electron chi connectivity index (χ4n) is 2.00. The third-order valence-electron chi connectivity index (χ3n) is 3.29. The zero-order valence-corrected chi connectivity index (χ0v) is 11.8. The van der Waals surface area contributed by atoms with Crippen LogP contribution in [0.15, 0.2) is 18.5 Å². The van der Waals surface area contributed by atoms with E-state index in [1.807, 2.05) is 12.3 Å². The molecule has 3 rings (SSSR count). The van der Waals surface area contributed by atoms with Gasteiger partial charge in [-0.1, -0.05) is 0 Å². The minimum Gasteiger partial charge on any atom is -0.475 e. The second-order valence-electron chi connectivity index (χ2n) is 4.88. The molecule has 3 heterocycles. The van der Waals surface area contributed by atoms with Crippen LogP contribution in [-0.2, 0) is 14.4 Å². The van der Waals surface area contributed by atoms with Crippen LogP contribution in [0.2, 0.25) is 0 Å². The number of aromatic nitrogens is 1. The minimum atomic E-state index is -5.08. The van der Waals surface area contributed by atoms with Crippen molar-refractivity contribution in [1.82, 2.24) is 10.5 Å². The first-order valence-corrected chi connectivity index (χ1v) is 6.72. The van der Waals surface area contributed by atoms with Gasteiger partial charge >= 0.3 is 12.1 Å². The summed E-state index contributed by atoms with van der Waals surface area (Å²) in [5, 5.41) is 7.12. The quantitative estimate of drug-likeness (QED) is 0.795. The van der Waals surface area contributed by atoms with Gasteiger partial charge in [0.15, 0.2) is 0 Å². The van der Waals surface area contributed by atoms with Gasteiger partial charge in [-0.15, -0.1) is 0 Å². The molecule has 2 aliphatic heterocycles. The zero-order chi connectivity index (χ0) is 17.0. The van der Waals surface area contributed by atoms with Crippen molar-refractivity contribution in [3.63, 3.8) is 0 Å². The monoisotopic (exact) mass is 333 g/mol. The third-order valence-corrected chi connectivity index (χ3v) is 3.29. The molecule has 0 aliphatic carbocycles. The van der Waals surface area contributed by atoms with Gasteiger partial charge in [0.05, 0.1) is 24.5 Å². The average molecular weight is 333 g/mol. The summed E-state index contributed by atoms with van der Waals surface area (Å²) in [6.45, 7) is 1.52. The minimum absolute atomic E-state index is 0.176. The highest BCUT2D eigenvalue weighted by Gasteiger charge is 2.38. The van der Waals surface area contributed by atoms with Crippen LogP contribution in [0.4, 0.5) is 18.9 Å². The van der Waals surface area contributed by atoms with Crippen LogP contribution in [-0.4, -0.2) is 41.3 Å². The molecule has 1 aromatic rings. The number of hydroxylamine groups is 1. The molecule has 0 spiro atoms. The number of carboxylic acids is 1. The molecular formula is C13H14F3N3O4. The van der Waals surface area contributed by atoms with Crippen molar-refractivity contribution < 1.29 is 32.7 Å². The van der Waals surface area contributed by atoms with Crippen LogP contribution in [0.3, 0.4) is 0 Å². The van der Waals surface area contributed by atoms with Crippen molar-refractivity contribution >= 4 is 17.6 Å².